The number of hydrogen-bond donors (Lipinski definition) is 1. The Kier molecular flexibility index (Phi) is 8.14. The Labute approximate surface area is 84.8 Å². The fraction of sp³-hybridized carbons (Fsp3) is 0.889. The molecule has 0 radical (unpaired) electrons. The topological polar surface area (TPSA) is 38.3 Å². The molecular formula is C9H18ClNO2. The van der Waals surface area contributed by atoms with Crippen molar-refractivity contribution in [3.63, 3.8) is 0 Å². The van der Waals surface area contributed by atoms with Crippen LogP contribution in [0.2, 0.25) is 0 Å². The summed E-state index contributed by atoms with van der Waals surface area (Å²) < 4.78 is 5.26. The Bertz CT molecular complexity index is 142. The average Bonchev–Trinajstić information content (AvgIpc) is 2.12. The van der Waals surface area contributed by atoms with Crippen LogP contribution in [0.4, 0.5) is 0 Å². The lowest BCUT2D eigenvalue weighted by Crippen LogP contribution is -2.31. The second-order valence-corrected chi connectivity index (χ2v) is 3.24. The normalized spacial score (nSPS) is 12.5. The van der Waals surface area contributed by atoms with Crippen LogP contribution in [-0.2, 0) is 9.53 Å². The molecule has 1 N–H and O–H groups in total. The molecule has 13 heavy (non-hydrogen) atoms. The Morgan fingerprint density at radius 1 is 1.62 bits per heavy atom. The Morgan fingerprint density at radius 3 is 2.85 bits per heavy atom. The van der Waals surface area contributed by atoms with Crippen LogP contribution in [0.15, 0.2) is 0 Å². The molecule has 4 heteroatoms. The molecule has 0 bridgehead atoms. The number of carbonyl (C=O) groups excluding carboxylic acids is 1. The molecule has 78 valence electrons. The van der Waals surface area contributed by atoms with Crippen molar-refractivity contribution in [2.75, 3.05) is 19.0 Å². The molecule has 0 aromatic rings. The molecule has 0 aliphatic rings. The molecule has 1 unspecified atom stereocenters. The molecule has 0 aliphatic carbocycles. The lowest BCUT2D eigenvalue weighted by molar-refractivity contribution is -0.121. The number of ether oxygens (including phenoxy) is 1. The van der Waals surface area contributed by atoms with E-state index >= 15 is 0 Å². The highest BCUT2D eigenvalue weighted by Gasteiger charge is 2.03. The van der Waals surface area contributed by atoms with Crippen LogP contribution >= 0.6 is 11.6 Å². The molecule has 0 rings (SSSR count). The van der Waals surface area contributed by atoms with Gasteiger partial charge in [0.1, 0.15) is 0 Å². The fourth-order valence-electron chi connectivity index (χ4n) is 0.917. The van der Waals surface area contributed by atoms with E-state index in [1.807, 2.05) is 13.8 Å². The molecule has 0 saturated carbocycles. The summed E-state index contributed by atoms with van der Waals surface area (Å²) in [5.41, 5.74) is 0. The van der Waals surface area contributed by atoms with E-state index in [0.29, 0.717) is 25.5 Å². The van der Waals surface area contributed by atoms with Gasteiger partial charge >= 0.3 is 0 Å². The first-order valence-electron chi connectivity index (χ1n) is 4.65. The van der Waals surface area contributed by atoms with Crippen LogP contribution in [0.25, 0.3) is 0 Å². The molecule has 0 fully saturated rings. The van der Waals surface area contributed by atoms with Crippen molar-refractivity contribution in [1.82, 2.24) is 5.32 Å². The second kappa shape index (κ2) is 8.32. The van der Waals surface area contributed by atoms with Gasteiger partial charge in [-0.3, -0.25) is 4.79 Å². The lowest BCUT2D eigenvalue weighted by Gasteiger charge is -2.12. The van der Waals surface area contributed by atoms with Crippen molar-refractivity contribution in [2.24, 2.45) is 0 Å². The molecule has 0 aromatic heterocycles. The smallest absolute Gasteiger partial charge is 0.220 e. The number of nitrogens with one attached hydrogen (secondary N) is 1. The van der Waals surface area contributed by atoms with Gasteiger partial charge in [-0.2, -0.15) is 0 Å². The zero-order chi connectivity index (χ0) is 10.1. The maximum Gasteiger partial charge on any atom is 0.220 e. The third-order valence-electron chi connectivity index (χ3n) is 1.58. The van der Waals surface area contributed by atoms with E-state index in [9.17, 15) is 4.79 Å². The Balaban J connectivity index is 3.34. The van der Waals surface area contributed by atoms with Gasteiger partial charge in [0.25, 0.3) is 0 Å². The van der Waals surface area contributed by atoms with E-state index in [4.69, 9.17) is 16.3 Å². The van der Waals surface area contributed by atoms with Gasteiger partial charge in [-0.1, -0.05) is 0 Å². The first-order chi connectivity index (χ1) is 6.20. The number of hydrogen-bond acceptors (Lipinski definition) is 2. The van der Waals surface area contributed by atoms with Crippen molar-refractivity contribution in [2.45, 2.75) is 32.8 Å². The number of carbonyl (C=O) groups is 1. The Hall–Kier alpha value is -0.280. The van der Waals surface area contributed by atoms with E-state index < -0.39 is 0 Å². The summed E-state index contributed by atoms with van der Waals surface area (Å²) in [5.74, 6) is 0.584. The molecule has 1 amide bonds. The standard InChI is InChI=1S/C9H18ClNO2/c1-3-13-8(2)7-11-9(12)5-4-6-10/h8H,3-7H2,1-2H3,(H,11,12). The van der Waals surface area contributed by atoms with E-state index in [2.05, 4.69) is 5.32 Å². The maximum atomic E-state index is 11.1. The van der Waals surface area contributed by atoms with E-state index in [1.165, 1.54) is 0 Å². The van der Waals surface area contributed by atoms with Crippen LogP contribution in [0.1, 0.15) is 26.7 Å². The van der Waals surface area contributed by atoms with Crippen molar-refractivity contribution in [1.29, 1.82) is 0 Å². The third-order valence-corrected chi connectivity index (χ3v) is 1.84. The molecule has 0 aliphatic heterocycles. The number of halogens is 1. The van der Waals surface area contributed by atoms with Crippen molar-refractivity contribution in [3.05, 3.63) is 0 Å². The minimum atomic E-state index is 0.0483. The van der Waals surface area contributed by atoms with Crippen molar-refractivity contribution >= 4 is 17.5 Å². The highest BCUT2D eigenvalue weighted by atomic mass is 35.5. The predicted molar refractivity (Wildman–Crippen MR) is 54.1 cm³/mol. The van der Waals surface area contributed by atoms with Gasteiger partial charge in [-0.15, -0.1) is 11.6 Å². The van der Waals surface area contributed by atoms with Gasteiger partial charge in [0.05, 0.1) is 6.10 Å². The van der Waals surface area contributed by atoms with Gasteiger partial charge in [0.15, 0.2) is 0 Å². The van der Waals surface area contributed by atoms with Crippen LogP contribution in [0.5, 0.6) is 0 Å². The summed E-state index contributed by atoms with van der Waals surface area (Å²) in [7, 11) is 0. The van der Waals surface area contributed by atoms with Crippen molar-refractivity contribution in [3.8, 4) is 0 Å². The van der Waals surface area contributed by atoms with Gasteiger partial charge in [0, 0.05) is 25.5 Å². The van der Waals surface area contributed by atoms with Gasteiger partial charge in [0.2, 0.25) is 5.91 Å². The monoisotopic (exact) mass is 207 g/mol. The van der Waals surface area contributed by atoms with Crippen molar-refractivity contribution < 1.29 is 9.53 Å². The number of amides is 1. The third kappa shape index (κ3) is 8.06. The summed E-state index contributed by atoms with van der Waals surface area (Å²) in [6.45, 7) is 5.13. The fourth-order valence-corrected chi connectivity index (χ4v) is 1.05. The molecule has 3 nitrogen and oxygen atoms in total. The zero-order valence-corrected chi connectivity index (χ0v) is 9.06. The predicted octanol–water partition coefficient (Wildman–Crippen LogP) is 1.55. The quantitative estimate of drug-likeness (QED) is 0.644. The van der Waals surface area contributed by atoms with Gasteiger partial charge < -0.3 is 10.1 Å². The first-order valence-corrected chi connectivity index (χ1v) is 5.18. The van der Waals surface area contributed by atoms with Gasteiger partial charge in [-0.05, 0) is 20.3 Å². The van der Waals surface area contributed by atoms with E-state index in [-0.39, 0.29) is 12.0 Å². The zero-order valence-electron chi connectivity index (χ0n) is 8.31. The summed E-state index contributed by atoms with van der Waals surface area (Å²) in [5, 5.41) is 2.78. The van der Waals surface area contributed by atoms with E-state index in [1.54, 1.807) is 0 Å². The summed E-state index contributed by atoms with van der Waals surface area (Å²) in [6.07, 6.45) is 1.32. The van der Waals surface area contributed by atoms with E-state index in [0.717, 1.165) is 6.42 Å². The molecule has 0 spiro atoms. The summed E-state index contributed by atoms with van der Waals surface area (Å²) >= 11 is 5.45. The van der Waals surface area contributed by atoms with Crippen LogP contribution in [0.3, 0.4) is 0 Å². The van der Waals surface area contributed by atoms with Gasteiger partial charge in [-0.25, -0.2) is 0 Å². The summed E-state index contributed by atoms with van der Waals surface area (Å²) in [4.78, 5) is 11.1. The van der Waals surface area contributed by atoms with Crippen LogP contribution in [0, 0.1) is 0 Å². The molecule has 0 heterocycles. The molecular weight excluding hydrogens is 190 g/mol. The molecule has 1 atom stereocenters. The number of alkyl halides is 1. The largest absolute Gasteiger partial charge is 0.377 e. The maximum absolute atomic E-state index is 11.1. The Morgan fingerprint density at radius 2 is 2.31 bits per heavy atom. The molecule has 0 aromatic carbocycles. The molecule has 0 saturated heterocycles. The minimum Gasteiger partial charge on any atom is -0.377 e. The van der Waals surface area contributed by atoms with Crippen LogP contribution in [-0.4, -0.2) is 31.0 Å². The second-order valence-electron chi connectivity index (χ2n) is 2.86. The average molecular weight is 208 g/mol. The minimum absolute atomic E-state index is 0.0483. The highest BCUT2D eigenvalue weighted by molar-refractivity contribution is 6.17. The highest BCUT2D eigenvalue weighted by Crippen LogP contribution is 1.92. The number of rotatable bonds is 7. The summed E-state index contributed by atoms with van der Waals surface area (Å²) in [6, 6.07) is 0. The first kappa shape index (κ1) is 12.7. The van der Waals surface area contributed by atoms with Crippen LogP contribution < -0.4 is 5.32 Å². The SMILES string of the molecule is CCOC(C)CNC(=O)CCCCl. The lowest BCUT2D eigenvalue weighted by atomic mass is 10.3.